The first-order valence-corrected chi connectivity index (χ1v) is 7.11. The maximum absolute atomic E-state index is 11.8. The molecule has 21 heavy (non-hydrogen) atoms. The molecule has 0 radical (unpaired) electrons. The molecule has 0 aromatic heterocycles. The van der Waals surface area contributed by atoms with E-state index < -0.39 is 18.0 Å². The van der Waals surface area contributed by atoms with Crippen LogP contribution in [0.2, 0.25) is 0 Å². The molecule has 3 N–H and O–H groups in total. The standard InChI is InChI=1S/C13H16IN3O4/c1-7(11(18)17(2)3)15-13(21)16-10-5-4-8(14)6-9(10)12(19)20/h4-7H,1-3H3,(H,19,20)(H2,15,16,21). The molecule has 0 saturated heterocycles. The number of hydrogen-bond acceptors (Lipinski definition) is 3. The highest BCUT2D eigenvalue weighted by molar-refractivity contribution is 14.1. The molecule has 0 heterocycles. The lowest BCUT2D eigenvalue weighted by Crippen LogP contribution is -2.45. The fourth-order valence-corrected chi connectivity index (χ4v) is 2.10. The minimum atomic E-state index is -1.14. The highest BCUT2D eigenvalue weighted by Crippen LogP contribution is 2.18. The first-order chi connectivity index (χ1) is 9.72. The topological polar surface area (TPSA) is 98.7 Å². The molecule has 114 valence electrons. The Labute approximate surface area is 135 Å². The van der Waals surface area contributed by atoms with Crippen molar-refractivity contribution in [2.45, 2.75) is 13.0 Å². The monoisotopic (exact) mass is 405 g/mol. The average Bonchev–Trinajstić information content (AvgIpc) is 2.39. The molecule has 0 aliphatic rings. The second kappa shape index (κ2) is 7.25. The summed E-state index contributed by atoms with van der Waals surface area (Å²) < 4.78 is 0.743. The Morgan fingerprint density at radius 2 is 1.90 bits per heavy atom. The van der Waals surface area contributed by atoms with Gasteiger partial charge in [0.15, 0.2) is 0 Å². The maximum atomic E-state index is 11.8. The Hall–Kier alpha value is -1.84. The summed E-state index contributed by atoms with van der Waals surface area (Å²) in [4.78, 5) is 36.0. The van der Waals surface area contributed by atoms with Crippen molar-refractivity contribution in [1.29, 1.82) is 0 Å². The van der Waals surface area contributed by atoms with Gasteiger partial charge in [-0.3, -0.25) is 4.79 Å². The van der Waals surface area contributed by atoms with Gasteiger partial charge in [0, 0.05) is 17.7 Å². The van der Waals surface area contributed by atoms with E-state index in [0.29, 0.717) is 0 Å². The molecule has 1 rings (SSSR count). The van der Waals surface area contributed by atoms with E-state index in [0.717, 1.165) is 3.57 Å². The van der Waals surface area contributed by atoms with Gasteiger partial charge in [-0.25, -0.2) is 9.59 Å². The number of amides is 3. The SMILES string of the molecule is CC(NC(=O)Nc1ccc(I)cc1C(=O)O)C(=O)N(C)C. The predicted octanol–water partition coefficient (Wildman–Crippen LogP) is 1.59. The van der Waals surface area contributed by atoms with Gasteiger partial charge in [-0.2, -0.15) is 0 Å². The predicted molar refractivity (Wildman–Crippen MR) is 86.4 cm³/mol. The Bertz CT molecular complexity index is 575. The summed E-state index contributed by atoms with van der Waals surface area (Å²) in [5.41, 5.74) is 0.161. The smallest absolute Gasteiger partial charge is 0.337 e. The number of halogens is 1. The van der Waals surface area contributed by atoms with Crippen molar-refractivity contribution in [3.63, 3.8) is 0 Å². The van der Waals surface area contributed by atoms with Gasteiger partial charge in [-0.15, -0.1) is 0 Å². The Balaban J connectivity index is 2.80. The fourth-order valence-electron chi connectivity index (χ4n) is 1.61. The third kappa shape index (κ3) is 4.88. The molecule has 3 amide bonds. The van der Waals surface area contributed by atoms with Gasteiger partial charge in [-0.05, 0) is 47.7 Å². The van der Waals surface area contributed by atoms with Crippen molar-refractivity contribution < 1.29 is 19.5 Å². The summed E-state index contributed by atoms with van der Waals surface area (Å²) in [6.45, 7) is 1.55. The first-order valence-electron chi connectivity index (χ1n) is 6.04. The second-order valence-electron chi connectivity index (χ2n) is 4.55. The lowest BCUT2D eigenvalue weighted by Gasteiger charge is -2.18. The van der Waals surface area contributed by atoms with Crippen LogP contribution < -0.4 is 10.6 Å². The fraction of sp³-hybridized carbons (Fsp3) is 0.308. The largest absolute Gasteiger partial charge is 0.478 e. The molecule has 8 heteroatoms. The van der Waals surface area contributed by atoms with Crippen LogP contribution in [0.5, 0.6) is 0 Å². The van der Waals surface area contributed by atoms with Crippen molar-refractivity contribution in [1.82, 2.24) is 10.2 Å². The summed E-state index contributed by atoms with van der Waals surface area (Å²) in [6, 6.07) is 3.28. The molecule has 0 spiro atoms. The quantitative estimate of drug-likeness (QED) is 0.663. The molecule has 1 aromatic carbocycles. The molecular formula is C13H16IN3O4. The lowest BCUT2D eigenvalue weighted by molar-refractivity contribution is -0.130. The Morgan fingerprint density at radius 3 is 2.43 bits per heavy atom. The summed E-state index contributed by atoms with van der Waals surface area (Å²) >= 11 is 1.98. The van der Waals surface area contributed by atoms with Gasteiger partial charge in [0.1, 0.15) is 6.04 Å². The highest BCUT2D eigenvalue weighted by Gasteiger charge is 2.18. The summed E-state index contributed by atoms with van der Waals surface area (Å²) in [6.07, 6.45) is 0. The van der Waals surface area contributed by atoms with E-state index in [-0.39, 0.29) is 17.2 Å². The van der Waals surface area contributed by atoms with E-state index in [1.54, 1.807) is 27.1 Å². The number of carboxylic acid groups (broad SMARTS) is 1. The van der Waals surface area contributed by atoms with E-state index >= 15 is 0 Å². The van der Waals surface area contributed by atoms with E-state index in [1.165, 1.54) is 17.0 Å². The number of benzene rings is 1. The zero-order valence-electron chi connectivity index (χ0n) is 11.8. The second-order valence-corrected chi connectivity index (χ2v) is 5.79. The minimum absolute atomic E-state index is 0.0105. The van der Waals surface area contributed by atoms with Gasteiger partial charge in [0.05, 0.1) is 11.3 Å². The molecule has 1 aromatic rings. The minimum Gasteiger partial charge on any atom is -0.478 e. The van der Waals surface area contributed by atoms with Crippen molar-refractivity contribution in [2.24, 2.45) is 0 Å². The van der Waals surface area contributed by atoms with Crippen LogP contribution in [0.25, 0.3) is 0 Å². The number of nitrogens with one attached hydrogen (secondary N) is 2. The van der Waals surface area contributed by atoms with E-state index in [9.17, 15) is 14.4 Å². The van der Waals surface area contributed by atoms with Crippen LogP contribution in [0.3, 0.4) is 0 Å². The van der Waals surface area contributed by atoms with Crippen molar-refractivity contribution in [3.05, 3.63) is 27.3 Å². The summed E-state index contributed by atoms with van der Waals surface area (Å²) in [5, 5.41) is 14.0. The van der Waals surface area contributed by atoms with E-state index in [1.807, 2.05) is 22.6 Å². The molecule has 0 bridgehead atoms. The maximum Gasteiger partial charge on any atom is 0.337 e. The van der Waals surface area contributed by atoms with E-state index in [2.05, 4.69) is 10.6 Å². The van der Waals surface area contributed by atoms with Crippen molar-refractivity contribution >= 4 is 46.2 Å². The number of nitrogens with zero attached hydrogens (tertiary/aromatic N) is 1. The zero-order valence-corrected chi connectivity index (χ0v) is 14.0. The number of rotatable bonds is 4. The third-order valence-corrected chi connectivity index (χ3v) is 3.29. The first kappa shape index (κ1) is 17.2. The average molecular weight is 405 g/mol. The van der Waals surface area contributed by atoms with Gasteiger partial charge in [0.2, 0.25) is 5.91 Å². The molecular weight excluding hydrogens is 389 g/mol. The van der Waals surface area contributed by atoms with Crippen LogP contribution in [-0.4, -0.2) is 48.1 Å². The molecule has 0 fully saturated rings. The highest BCUT2D eigenvalue weighted by atomic mass is 127. The number of likely N-dealkylation sites (N-methyl/N-ethyl adjacent to an activating group) is 1. The van der Waals surface area contributed by atoms with Crippen LogP contribution >= 0.6 is 22.6 Å². The number of anilines is 1. The molecule has 0 aliphatic heterocycles. The van der Waals surface area contributed by atoms with Gasteiger partial charge in [-0.1, -0.05) is 0 Å². The van der Waals surface area contributed by atoms with Crippen LogP contribution in [0.1, 0.15) is 17.3 Å². The zero-order chi connectivity index (χ0) is 16.2. The Kier molecular flexibility index (Phi) is 5.94. The lowest BCUT2D eigenvalue weighted by atomic mass is 10.2. The van der Waals surface area contributed by atoms with Gasteiger partial charge in [0.25, 0.3) is 0 Å². The number of hydrogen-bond donors (Lipinski definition) is 3. The molecule has 1 unspecified atom stereocenters. The number of aromatic carboxylic acids is 1. The van der Waals surface area contributed by atoms with Crippen LogP contribution in [-0.2, 0) is 4.79 Å². The van der Waals surface area contributed by atoms with E-state index in [4.69, 9.17) is 5.11 Å². The number of carboxylic acids is 1. The van der Waals surface area contributed by atoms with Gasteiger partial charge >= 0.3 is 12.0 Å². The molecule has 1 atom stereocenters. The molecule has 0 aliphatic carbocycles. The summed E-state index contributed by atoms with van der Waals surface area (Å²) in [7, 11) is 3.17. The number of urea groups is 1. The Morgan fingerprint density at radius 1 is 1.29 bits per heavy atom. The normalized spacial score (nSPS) is 11.4. The van der Waals surface area contributed by atoms with Crippen LogP contribution in [0.15, 0.2) is 18.2 Å². The van der Waals surface area contributed by atoms with Crippen molar-refractivity contribution in [2.75, 3.05) is 19.4 Å². The van der Waals surface area contributed by atoms with Crippen molar-refractivity contribution in [3.8, 4) is 0 Å². The molecule has 7 nitrogen and oxygen atoms in total. The van der Waals surface area contributed by atoms with Crippen LogP contribution in [0.4, 0.5) is 10.5 Å². The third-order valence-electron chi connectivity index (χ3n) is 2.62. The molecule has 0 saturated carbocycles. The van der Waals surface area contributed by atoms with Gasteiger partial charge < -0.3 is 20.6 Å². The summed E-state index contributed by atoms with van der Waals surface area (Å²) in [5.74, 6) is -1.40. The number of carbonyl (C=O) groups is 3. The van der Waals surface area contributed by atoms with Crippen LogP contribution in [0, 0.1) is 3.57 Å². The number of carbonyl (C=O) groups excluding carboxylic acids is 2.